The second-order valence-corrected chi connectivity index (χ2v) is 7.12. The van der Waals surface area contributed by atoms with Crippen LogP contribution in [0.15, 0.2) is 10.9 Å². The van der Waals surface area contributed by atoms with Gasteiger partial charge in [-0.15, -0.1) is 0 Å². The molecule has 0 radical (unpaired) electrons. The van der Waals surface area contributed by atoms with Crippen molar-refractivity contribution in [2.75, 3.05) is 19.7 Å². The highest BCUT2D eigenvalue weighted by atomic mass is 16.5. The van der Waals surface area contributed by atoms with Crippen molar-refractivity contribution in [3.8, 4) is 0 Å². The van der Waals surface area contributed by atoms with E-state index in [1.54, 1.807) is 11.0 Å². The van der Waals surface area contributed by atoms with Crippen LogP contribution in [0, 0.1) is 0 Å². The molecule has 23 heavy (non-hydrogen) atoms. The molecule has 128 valence electrons. The summed E-state index contributed by atoms with van der Waals surface area (Å²) in [4.78, 5) is 33.0. The third kappa shape index (κ3) is 4.64. The van der Waals surface area contributed by atoms with Gasteiger partial charge in [-0.25, -0.2) is 4.79 Å². The van der Waals surface area contributed by atoms with Crippen molar-refractivity contribution in [2.24, 2.45) is 0 Å². The molecule has 2 heterocycles. The predicted octanol–water partition coefficient (Wildman–Crippen LogP) is 2.10. The molecule has 1 aromatic rings. The molecule has 1 atom stereocenters. The summed E-state index contributed by atoms with van der Waals surface area (Å²) < 4.78 is 5.64. The highest BCUT2D eigenvalue weighted by Crippen LogP contribution is 2.20. The molecule has 0 aliphatic carbocycles. The number of aromatic amines is 1. The molecule has 0 aromatic carbocycles. The normalized spacial score (nSPS) is 18.2. The Bertz CT molecular complexity index is 598. The zero-order valence-electron chi connectivity index (χ0n) is 14.5. The van der Waals surface area contributed by atoms with Gasteiger partial charge in [0, 0.05) is 30.8 Å². The SMILES string of the molecule is CCCN(C[C@H]1CCCO1)C(=O)c1cc(C(C)(C)C)[nH]c(=O)n1. The standard InChI is InChI=1S/C17H27N3O3/c1-5-8-20(11-12-7-6-9-23-12)15(21)13-10-14(17(2,3)4)19-16(22)18-13/h10,12H,5-9,11H2,1-4H3,(H,18,19,22)/t12-/m1/s1. The summed E-state index contributed by atoms with van der Waals surface area (Å²) in [5.41, 5.74) is 0.204. The van der Waals surface area contributed by atoms with Gasteiger partial charge >= 0.3 is 5.69 Å². The van der Waals surface area contributed by atoms with Gasteiger partial charge in [0.05, 0.1) is 6.10 Å². The first-order valence-corrected chi connectivity index (χ1v) is 8.34. The van der Waals surface area contributed by atoms with Crippen molar-refractivity contribution in [3.05, 3.63) is 27.9 Å². The molecule has 1 aromatic heterocycles. The van der Waals surface area contributed by atoms with Crippen LogP contribution in [0.1, 0.15) is 63.1 Å². The van der Waals surface area contributed by atoms with E-state index in [2.05, 4.69) is 9.97 Å². The summed E-state index contributed by atoms with van der Waals surface area (Å²) in [7, 11) is 0. The minimum atomic E-state index is -0.477. The van der Waals surface area contributed by atoms with Crippen LogP contribution >= 0.6 is 0 Å². The average molecular weight is 321 g/mol. The minimum absolute atomic E-state index is 0.0922. The number of amides is 1. The molecule has 1 amide bonds. The summed E-state index contributed by atoms with van der Waals surface area (Å²) in [5.74, 6) is -0.195. The molecule has 0 bridgehead atoms. The van der Waals surface area contributed by atoms with Crippen LogP contribution in [0.4, 0.5) is 0 Å². The molecule has 1 fully saturated rings. The lowest BCUT2D eigenvalue weighted by molar-refractivity contribution is 0.0521. The molecule has 1 N–H and O–H groups in total. The molecule has 0 spiro atoms. The maximum Gasteiger partial charge on any atom is 0.345 e. The Kier molecular flexibility index (Phi) is 5.57. The smallest absolute Gasteiger partial charge is 0.345 e. The van der Waals surface area contributed by atoms with Crippen molar-refractivity contribution in [1.29, 1.82) is 0 Å². The molecular weight excluding hydrogens is 294 g/mol. The van der Waals surface area contributed by atoms with E-state index in [-0.39, 0.29) is 23.1 Å². The van der Waals surface area contributed by atoms with Crippen molar-refractivity contribution in [3.63, 3.8) is 0 Å². The van der Waals surface area contributed by atoms with Crippen molar-refractivity contribution >= 4 is 5.91 Å². The third-order valence-corrected chi connectivity index (χ3v) is 4.00. The predicted molar refractivity (Wildman–Crippen MR) is 88.7 cm³/mol. The summed E-state index contributed by atoms with van der Waals surface area (Å²) >= 11 is 0. The van der Waals surface area contributed by atoms with Crippen molar-refractivity contribution < 1.29 is 9.53 Å². The summed E-state index contributed by atoms with van der Waals surface area (Å²) in [6.07, 6.45) is 2.96. The number of rotatable bonds is 5. The monoisotopic (exact) mass is 321 g/mol. The average Bonchev–Trinajstić information content (AvgIpc) is 2.97. The fourth-order valence-corrected chi connectivity index (χ4v) is 2.71. The van der Waals surface area contributed by atoms with Gasteiger partial charge in [-0.1, -0.05) is 27.7 Å². The Labute approximate surface area is 137 Å². The summed E-state index contributed by atoms with van der Waals surface area (Å²) in [6.45, 7) is 9.95. The van der Waals surface area contributed by atoms with Gasteiger partial charge in [-0.05, 0) is 25.3 Å². The molecule has 1 saturated heterocycles. The van der Waals surface area contributed by atoms with Gasteiger partial charge in [-0.2, -0.15) is 4.98 Å². The zero-order valence-corrected chi connectivity index (χ0v) is 14.5. The molecule has 0 saturated carbocycles. The third-order valence-electron chi connectivity index (χ3n) is 4.00. The van der Waals surface area contributed by atoms with Gasteiger partial charge in [0.25, 0.3) is 5.91 Å². The number of H-pyrrole nitrogens is 1. The van der Waals surface area contributed by atoms with Gasteiger partial charge in [0.2, 0.25) is 0 Å². The Morgan fingerprint density at radius 3 is 2.78 bits per heavy atom. The van der Waals surface area contributed by atoms with E-state index in [1.165, 1.54) is 0 Å². The van der Waals surface area contributed by atoms with E-state index in [0.717, 1.165) is 31.6 Å². The molecule has 0 unspecified atom stereocenters. The number of nitrogens with one attached hydrogen (secondary N) is 1. The largest absolute Gasteiger partial charge is 0.376 e. The highest BCUT2D eigenvalue weighted by Gasteiger charge is 2.25. The molecule has 2 rings (SSSR count). The summed E-state index contributed by atoms with van der Waals surface area (Å²) in [6, 6.07) is 1.70. The molecule has 6 nitrogen and oxygen atoms in total. The lowest BCUT2D eigenvalue weighted by Gasteiger charge is -2.25. The van der Waals surface area contributed by atoms with Gasteiger partial charge in [0.15, 0.2) is 0 Å². The first-order valence-electron chi connectivity index (χ1n) is 8.34. The number of aromatic nitrogens is 2. The Hall–Kier alpha value is -1.69. The topological polar surface area (TPSA) is 75.3 Å². The first-order chi connectivity index (χ1) is 10.8. The van der Waals surface area contributed by atoms with E-state index in [4.69, 9.17) is 4.74 Å². The number of hydrogen-bond acceptors (Lipinski definition) is 4. The van der Waals surface area contributed by atoms with E-state index < -0.39 is 5.69 Å². The molecule has 1 aliphatic rings. The van der Waals surface area contributed by atoms with Gasteiger partial charge in [0.1, 0.15) is 5.69 Å². The van der Waals surface area contributed by atoms with Crippen LogP contribution in [0.25, 0.3) is 0 Å². The second kappa shape index (κ2) is 7.25. The number of ether oxygens (including phenoxy) is 1. The number of nitrogens with zero attached hydrogens (tertiary/aromatic N) is 2. The molecular formula is C17H27N3O3. The number of carbonyl (C=O) groups is 1. The van der Waals surface area contributed by atoms with E-state index in [9.17, 15) is 9.59 Å². The summed E-state index contributed by atoms with van der Waals surface area (Å²) in [5, 5.41) is 0. The maximum absolute atomic E-state index is 12.8. The van der Waals surface area contributed by atoms with Crippen LogP contribution in [0.3, 0.4) is 0 Å². The Morgan fingerprint density at radius 1 is 1.48 bits per heavy atom. The quantitative estimate of drug-likeness (QED) is 0.901. The number of hydrogen-bond donors (Lipinski definition) is 1. The maximum atomic E-state index is 12.8. The Balaban J connectivity index is 2.24. The highest BCUT2D eigenvalue weighted by molar-refractivity contribution is 5.92. The second-order valence-electron chi connectivity index (χ2n) is 7.12. The molecule has 6 heteroatoms. The van der Waals surface area contributed by atoms with Crippen molar-refractivity contribution in [1.82, 2.24) is 14.9 Å². The fourth-order valence-electron chi connectivity index (χ4n) is 2.71. The minimum Gasteiger partial charge on any atom is -0.376 e. The van der Waals surface area contributed by atoms with E-state index in [1.807, 2.05) is 27.7 Å². The van der Waals surface area contributed by atoms with Crippen LogP contribution in [-0.4, -0.2) is 46.6 Å². The molecule has 1 aliphatic heterocycles. The van der Waals surface area contributed by atoms with Crippen LogP contribution in [0.5, 0.6) is 0 Å². The zero-order chi connectivity index (χ0) is 17.0. The van der Waals surface area contributed by atoms with Crippen molar-refractivity contribution in [2.45, 2.75) is 58.5 Å². The van der Waals surface area contributed by atoms with Crippen LogP contribution in [-0.2, 0) is 10.2 Å². The fraction of sp³-hybridized carbons (Fsp3) is 0.706. The van der Waals surface area contributed by atoms with Crippen LogP contribution < -0.4 is 5.69 Å². The first kappa shape index (κ1) is 17.7. The van der Waals surface area contributed by atoms with Crippen LogP contribution in [0.2, 0.25) is 0 Å². The van der Waals surface area contributed by atoms with Gasteiger partial charge in [-0.3, -0.25) is 4.79 Å². The van der Waals surface area contributed by atoms with Gasteiger partial charge < -0.3 is 14.6 Å². The lowest BCUT2D eigenvalue weighted by Crippen LogP contribution is -2.39. The lowest BCUT2D eigenvalue weighted by atomic mass is 9.91. The number of carbonyl (C=O) groups excluding carboxylic acids is 1. The van der Waals surface area contributed by atoms with E-state index in [0.29, 0.717) is 13.1 Å². The Morgan fingerprint density at radius 2 is 2.22 bits per heavy atom. The van der Waals surface area contributed by atoms with E-state index >= 15 is 0 Å².